The number of hydrogen-bond donors (Lipinski definition) is 0. The summed E-state index contributed by atoms with van der Waals surface area (Å²) in [5.41, 5.74) is 1.68. The molecule has 1 aromatic heterocycles. The van der Waals surface area contributed by atoms with Crippen molar-refractivity contribution in [3.05, 3.63) is 59.9 Å². The SMILES string of the molecule is CCCCN(C)C(=O)c1cncc(C(=O)N(CC)c2ccccc2)c1. The Bertz CT molecular complexity index is 716. The van der Waals surface area contributed by atoms with Crippen LogP contribution in [0.5, 0.6) is 0 Å². The molecular formula is C20H25N3O2. The van der Waals surface area contributed by atoms with Crippen molar-refractivity contribution in [2.45, 2.75) is 26.7 Å². The van der Waals surface area contributed by atoms with E-state index < -0.39 is 0 Å². The van der Waals surface area contributed by atoms with Crippen LogP contribution in [0.25, 0.3) is 0 Å². The Kier molecular flexibility index (Phi) is 6.69. The standard InChI is InChI=1S/C20H25N3O2/c1-4-6-12-22(3)19(24)16-13-17(15-21-14-16)20(25)23(5-2)18-10-8-7-9-11-18/h7-11,13-15H,4-6,12H2,1-3H3. The second-order valence-electron chi connectivity index (χ2n) is 5.93. The van der Waals surface area contributed by atoms with Gasteiger partial charge in [-0.2, -0.15) is 0 Å². The number of benzene rings is 1. The number of hydrogen-bond acceptors (Lipinski definition) is 3. The van der Waals surface area contributed by atoms with Crippen molar-refractivity contribution >= 4 is 17.5 Å². The lowest BCUT2D eigenvalue weighted by molar-refractivity contribution is 0.0793. The molecule has 2 amide bonds. The summed E-state index contributed by atoms with van der Waals surface area (Å²) in [6, 6.07) is 11.1. The molecule has 0 spiro atoms. The Morgan fingerprint density at radius 2 is 1.64 bits per heavy atom. The molecule has 0 aliphatic rings. The van der Waals surface area contributed by atoms with Gasteiger partial charge in [0, 0.05) is 38.2 Å². The average molecular weight is 339 g/mol. The van der Waals surface area contributed by atoms with E-state index >= 15 is 0 Å². The lowest BCUT2D eigenvalue weighted by Gasteiger charge is -2.21. The minimum absolute atomic E-state index is 0.113. The van der Waals surface area contributed by atoms with Gasteiger partial charge in [0.1, 0.15) is 0 Å². The molecule has 0 bridgehead atoms. The summed E-state index contributed by atoms with van der Waals surface area (Å²) in [5, 5.41) is 0. The zero-order valence-electron chi connectivity index (χ0n) is 15.1. The highest BCUT2D eigenvalue weighted by atomic mass is 16.2. The molecule has 0 aliphatic carbocycles. The van der Waals surface area contributed by atoms with E-state index in [1.807, 2.05) is 37.3 Å². The Morgan fingerprint density at radius 3 is 2.24 bits per heavy atom. The van der Waals surface area contributed by atoms with Crippen molar-refractivity contribution < 1.29 is 9.59 Å². The Balaban J connectivity index is 2.22. The normalized spacial score (nSPS) is 10.4. The monoisotopic (exact) mass is 339 g/mol. The molecule has 5 nitrogen and oxygen atoms in total. The summed E-state index contributed by atoms with van der Waals surface area (Å²) in [6.07, 6.45) is 5.00. The van der Waals surface area contributed by atoms with Gasteiger partial charge in [-0.25, -0.2) is 0 Å². The fourth-order valence-corrected chi connectivity index (χ4v) is 2.60. The molecule has 2 rings (SSSR count). The number of carbonyl (C=O) groups excluding carboxylic acids is 2. The van der Waals surface area contributed by atoms with Gasteiger partial charge in [-0.15, -0.1) is 0 Å². The third-order valence-electron chi connectivity index (χ3n) is 4.06. The summed E-state index contributed by atoms with van der Waals surface area (Å²) >= 11 is 0. The second-order valence-corrected chi connectivity index (χ2v) is 5.93. The maximum atomic E-state index is 12.9. The number of para-hydroxylation sites is 1. The first kappa shape index (κ1) is 18.6. The van der Waals surface area contributed by atoms with Gasteiger partial charge < -0.3 is 9.80 Å². The van der Waals surface area contributed by atoms with Gasteiger partial charge in [0.15, 0.2) is 0 Å². The molecule has 1 heterocycles. The van der Waals surface area contributed by atoms with E-state index in [1.165, 1.54) is 12.4 Å². The summed E-state index contributed by atoms with van der Waals surface area (Å²) in [5.74, 6) is -0.273. The van der Waals surface area contributed by atoms with E-state index in [2.05, 4.69) is 11.9 Å². The van der Waals surface area contributed by atoms with E-state index in [-0.39, 0.29) is 11.8 Å². The Morgan fingerprint density at radius 1 is 1.00 bits per heavy atom. The van der Waals surface area contributed by atoms with Gasteiger partial charge in [-0.3, -0.25) is 14.6 Å². The number of nitrogens with zero attached hydrogens (tertiary/aromatic N) is 3. The fourth-order valence-electron chi connectivity index (χ4n) is 2.60. The molecule has 0 radical (unpaired) electrons. The minimum Gasteiger partial charge on any atom is -0.342 e. The third kappa shape index (κ3) is 4.66. The fraction of sp³-hybridized carbons (Fsp3) is 0.350. The van der Waals surface area contributed by atoms with E-state index in [0.29, 0.717) is 24.2 Å². The molecule has 0 saturated heterocycles. The predicted octanol–water partition coefficient (Wildman–Crippen LogP) is 3.62. The molecule has 2 aromatic rings. The molecule has 0 unspecified atom stereocenters. The lowest BCUT2D eigenvalue weighted by atomic mass is 10.1. The maximum Gasteiger partial charge on any atom is 0.259 e. The summed E-state index contributed by atoms with van der Waals surface area (Å²) in [7, 11) is 1.77. The number of unbranched alkanes of at least 4 members (excludes halogenated alkanes) is 1. The van der Waals surface area contributed by atoms with Crippen LogP contribution in [-0.4, -0.2) is 41.8 Å². The Labute approximate surface area is 149 Å². The molecular weight excluding hydrogens is 314 g/mol. The van der Waals surface area contributed by atoms with E-state index in [4.69, 9.17) is 0 Å². The van der Waals surface area contributed by atoms with Gasteiger partial charge in [-0.1, -0.05) is 31.5 Å². The van der Waals surface area contributed by atoms with Crippen LogP contribution in [0, 0.1) is 0 Å². The van der Waals surface area contributed by atoms with E-state index in [0.717, 1.165) is 18.5 Å². The van der Waals surface area contributed by atoms with Gasteiger partial charge in [0.2, 0.25) is 0 Å². The van der Waals surface area contributed by atoms with Crippen LogP contribution >= 0.6 is 0 Å². The van der Waals surface area contributed by atoms with Crippen molar-refractivity contribution in [3.8, 4) is 0 Å². The zero-order valence-corrected chi connectivity index (χ0v) is 15.1. The maximum absolute atomic E-state index is 12.9. The van der Waals surface area contributed by atoms with Gasteiger partial charge >= 0.3 is 0 Å². The third-order valence-corrected chi connectivity index (χ3v) is 4.06. The first-order chi connectivity index (χ1) is 12.1. The van der Waals surface area contributed by atoms with Crippen LogP contribution in [-0.2, 0) is 0 Å². The number of rotatable bonds is 7. The van der Waals surface area contributed by atoms with Crippen molar-refractivity contribution in [1.82, 2.24) is 9.88 Å². The first-order valence-electron chi connectivity index (χ1n) is 8.65. The van der Waals surface area contributed by atoms with Crippen molar-refractivity contribution in [3.63, 3.8) is 0 Å². The summed E-state index contributed by atoms with van der Waals surface area (Å²) in [6.45, 7) is 5.24. The molecule has 0 fully saturated rings. The number of carbonyl (C=O) groups is 2. The van der Waals surface area contributed by atoms with Gasteiger partial charge in [0.05, 0.1) is 11.1 Å². The van der Waals surface area contributed by atoms with E-state index in [9.17, 15) is 9.59 Å². The van der Waals surface area contributed by atoms with Crippen LogP contribution in [0.2, 0.25) is 0 Å². The molecule has 25 heavy (non-hydrogen) atoms. The lowest BCUT2D eigenvalue weighted by Crippen LogP contribution is -2.31. The molecule has 0 aliphatic heterocycles. The molecule has 1 aromatic carbocycles. The second kappa shape index (κ2) is 8.97. The summed E-state index contributed by atoms with van der Waals surface area (Å²) < 4.78 is 0. The predicted molar refractivity (Wildman–Crippen MR) is 99.9 cm³/mol. The van der Waals surface area contributed by atoms with Crippen LogP contribution in [0.3, 0.4) is 0 Å². The molecule has 5 heteroatoms. The number of aromatic nitrogens is 1. The molecule has 0 saturated carbocycles. The van der Waals surface area contributed by atoms with Crippen molar-refractivity contribution in [2.75, 3.05) is 25.0 Å². The van der Waals surface area contributed by atoms with Crippen LogP contribution < -0.4 is 4.90 Å². The highest BCUT2D eigenvalue weighted by Gasteiger charge is 2.19. The number of amides is 2. The zero-order chi connectivity index (χ0) is 18.2. The van der Waals surface area contributed by atoms with Crippen LogP contribution in [0.4, 0.5) is 5.69 Å². The molecule has 0 atom stereocenters. The average Bonchev–Trinajstić information content (AvgIpc) is 2.67. The highest BCUT2D eigenvalue weighted by molar-refractivity contribution is 6.07. The quantitative estimate of drug-likeness (QED) is 0.774. The largest absolute Gasteiger partial charge is 0.342 e. The highest BCUT2D eigenvalue weighted by Crippen LogP contribution is 2.17. The van der Waals surface area contributed by atoms with Crippen LogP contribution in [0.15, 0.2) is 48.8 Å². The van der Waals surface area contributed by atoms with Crippen molar-refractivity contribution in [2.24, 2.45) is 0 Å². The van der Waals surface area contributed by atoms with Crippen molar-refractivity contribution in [1.29, 1.82) is 0 Å². The van der Waals surface area contributed by atoms with Gasteiger partial charge in [0.25, 0.3) is 11.8 Å². The number of anilines is 1. The van der Waals surface area contributed by atoms with Crippen LogP contribution in [0.1, 0.15) is 47.4 Å². The first-order valence-corrected chi connectivity index (χ1v) is 8.65. The molecule has 132 valence electrons. The topological polar surface area (TPSA) is 53.5 Å². The Hall–Kier alpha value is -2.69. The van der Waals surface area contributed by atoms with E-state index in [1.54, 1.807) is 22.9 Å². The van der Waals surface area contributed by atoms with Gasteiger partial charge in [-0.05, 0) is 31.5 Å². The summed E-state index contributed by atoms with van der Waals surface area (Å²) in [4.78, 5) is 32.8. The smallest absolute Gasteiger partial charge is 0.259 e. The molecule has 0 N–H and O–H groups in total. The number of pyridine rings is 1. The minimum atomic E-state index is -0.160.